The van der Waals surface area contributed by atoms with Crippen LogP contribution in [-0.4, -0.2) is 73.5 Å². The summed E-state index contributed by atoms with van der Waals surface area (Å²) < 4.78 is 14.7. The SMILES string of the molecule is CN(C)C1C(=O)C(C(N)=O)=C(O)C2(O)C(=O)C3=C(O)c4c(O)c([N+](=O)[O-])cc(F)c4CC3CC12. The van der Waals surface area contributed by atoms with Gasteiger partial charge in [0.25, 0.3) is 5.91 Å². The molecule has 3 aliphatic rings. The van der Waals surface area contributed by atoms with Crippen molar-refractivity contribution in [2.75, 3.05) is 14.1 Å². The van der Waals surface area contributed by atoms with E-state index >= 15 is 0 Å². The lowest BCUT2D eigenvalue weighted by Crippen LogP contribution is -2.65. The molecule has 1 aromatic carbocycles. The van der Waals surface area contributed by atoms with E-state index in [1.165, 1.54) is 19.0 Å². The predicted octanol–water partition coefficient (Wildman–Crippen LogP) is 0.0113. The number of Topliss-reactive ketones (excluding diaryl/α,β-unsaturated/α-hetero) is 2. The van der Waals surface area contributed by atoms with Crippen LogP contribution in [0.15, 0.2) is 23.0 Å². The Labute approximate surface area is 190 Å². The van der Waals surface area contributed by atoms with Gasteiger partial charge in [0.15, 0.2) is 11.4 Å². The molecule has 6 N–H and O–H groups in total. The number of carbonyl (C=O) groups excluding carboxylic acids is 3. The first-order valence-corrected chi connectivity index (χ1v) is 10.1. The van der Waals surface area contributed by atoms with E-state index in [0.717, 1.165) is 0 Å². The van der Waals surface area contributed by atoms with Crippen molar-refractivity contribution < 1.29 is 44.1 Å². The van der Waals surface area contributed by atoms with Crippen molar-refractivity contribution in [3.05, 3.63) is 50.0 Å². The van der Waals surface area contributed by atoms with E-state index < -0.39 is 91.4 Å². The maximum Gasteiger partial charge on any atom is 0.314 e. The van der Waals surface area contributed by atoms with Crippen LogP contribution in [-0.2, 0) is 20.8 Å². The molecule has 0 aromatic heterocycles. The number of benzene rings is 1. The number of likely N-dealkylation sites (N-methyl/N-ethyl adjacent to an activating group) is 1. The van der Waals surface area contributed by atoms with E-state index in [1.807, 2.05) is 0 Å². The van der Waals surface area contributed by atoms with Crippen molar-refractivity contribution in [3.8, 4) is 5.75 Å². The van der Waals surface area contributed by atoms with Gasteiger partial charge in [-0.3, -0.25) is 29.4 Å². The van der Waals surface area contributed by atoms with Crippen LogP contribution in [0.3, 0.4) is 0 Å². The summed E-state index contributed by atoms with van der Waals surface area (Å²) >= 11 is 0. The van der Waals surface area contributed by atoms with E-state index in [2.05, 4.69) is 0 Å². The van der Waals surface area contributed by atoms with Gasteiger partial charge in [-0.1, -0.05) is 0 Å². The lowest BCUT2D eigenvalue weighted by molar-refractivity contribution is -0.386. The van der Waals surface area contributed by atoms with Gasteiger partial charge in [-0.05, 0) is 32.9 Å². The van der Waals surface area contributed by atoms with Gasteiger partial charge in [-0.25, -0.2) is 4.39 Å². The van der Waals surface area contributed by atoms with Crippen molar-refractivity contribution in [1.29, 1.82) is 0 Å². The molecule has 4 atom stereocenters. The topological polar surface area (TPSA) is 205 Å². The number of nitrogens with two attached hydrogens (primary N) is 1. The Hall–Kier alpha value is -3.84. The molecule has 0 bridgehead atoms. The number of phenolic OH excluding ortho intramolecular Hbond substituents is 1. The van der Waals surface area contributed by atoms with Crippen LogP contribution < -0.4 is 5.73 Å². The van der Waals surface area contributed by atoms with Gasteiger partial charge in [0.05, 0.1) is 22.6 Å². The molecule has 4 rings (SSSR count). The summed E-state index contributed by atoms with van der Waals surface area (Å²) in [5, 5.41) is 54.5. The monoisotopic (exact) mass is 477 g/mol. The normalized spacial score (nSPS) is 28.6. The number of rotatable bonds is 3. The van der Waals surface area contributed by atoms with Gasteiger partial charge in [0.1, 0.15) is 22.9 Å². The number of aliphatic hydroxyl groups is 3. The van der Waals surface area contributed by atoms with Crippen LogP contribution in [0.25, 0.3) is 5.76 Å². The molecule has 180 valence electrons. The van der Waals surface area contributed by atoms with Crippen LogP contribution in [0.2, 0.25) is 0 Å². The van der Waals surface area contributed by atoms with E-state index in [0.29, 0.717) is 6.07 Å². The third kappa shape index (κ3) is 2.80. The molecule has 0 saturated heterocycles. The van der Waals surface area contributed by atoms with Crippen LogP contribution in [0.5, 0.6) is 5.75 Å². The number of aromatic hydroxyl groups is 1. The summed E-state index contributed by atoms with van der Waals surface area (Å²) in [6.07, 6.45) is -0.519. The third-order valence-corrected chi connectivity index (χ3v) is 6.84. The first-order chi connectivity index (χ1) is 15.7. The molecule has 4 unspecified atom stereocenters. The second-order valence-corrected chi connectivity index (χ2v) is 8.80. The number of nitro groups is 1. The minimum absolute atomic E-state index is 0.219. The number of aliphatic hydroxyl groups excluding tert-OH is 2. The maximum absolute atomic E-state index is 14.7. The smallest absolute Gasteiger partial charge is 0.314 e. The fourth-order valence-electron chi connectivity index (χ4n) is 5.39. The number of nitrogens with zero attached hydrogens (tertiary/aromatic N) is 2. The zero-order valence-corrected chi connectivity index (χ0v) is 17.9. The Kier molecular flexibility index (Phi) is 5.03. The van der Waals surface area contributed by atoms with Gasteiger partial charge in [-0.2, -0.15) is 0 Å². The fraction of sp³-hybridized carbons (Fsp3) is 0.381. The number of hydrogen-bond acceptors (Lipinski definition) is 10. The first kappa shape index (κ1) is 23.3. The number of fused-ring (bicyclic) bond motifs is 3. The van der Waals surface area contributed by atoms with Crippen molar-refractivity contribution in [1.82, 2.24) is 4.90 Å². The maximum atomic E-state index is 14.7. The van der Waals surface area contributed by atoms with Crippen LogP contribution >= 0.6 is 0 Å². The second-order valence-electron chi connectivity index (χ2n) is 8.80. The minimum atomic E-state index is -2.85. The number of amides is 1. The largest absolute Gasteiger partial charge is 0.508 e. The molecule has 1 saturated carbocycles. The molecule has 34 heavy (non-hydrogen) atoms. The Morgan fingerprint density at radius 2 is 1.91 bits per heavy atom. The summed E-state index contributed by atoms with van der Waals surface area (Å²) in [6.45, 7) is 0. The molecule has 13 heteroatoms. The van der Waals surface area contributed by atoms with Gasteiger partial charge in [0.2, 0.25) is 11.5 Å². The van der Waals surface area contributed by atoms with Crippen molar-refractivity contribution in [2.45, 2.75) is 24.5 Å². The standard InChI is InChI=1S/C21H20FN3O9/c1-24(2)14-8-4-6-3-7-9(22)5-10(25(33)34)15(26)12(7)16(27)11(6)18(29)21(8,32)19(30)13(17(14)28)20(23)31/h5-6,8,14,26-27,30,32H,3-4H2,1-2H3,(H2,23,31). The van der Waals surface area contributed by atoms with Crippen LogP contribution in [0, 0.1) is 27.8 Å². The number of carbonyl (C=O) groups is 3. The van der Waals surface area contributed by atoms with Crippen molar-refractivity contribution in [2.24, 2.45) is 17.6 Å². The zero-order chi connectivity index (χ0) is 25.4. The van der Waals surface area contributed by atoms with Crippen molar-refractivity contribution >= 4 is 28.9 Å². The minimum Gasteiger partial charge on any atom is -0.508 e. The van der Waals surface area contributed by atoms with Gasteiger partial charge >= 0.3 is 5.69 Å². The van der Waals surface area contributed by atoms with E-state index in [9.17, 15) is 49.3 Å². The molecule has 1 amide bonds. The molecular formula is C21H20FN3O9. The Morgan fingerprint density at radius 1 is 1.29 bits per heavy atom. The number of hydrogen-bond donors (Lipinski definition) is 5. The third-order valence-electron chi connectivity index (χ3n) is 6.84. The zero-order valence-electron chi connectivity index (χ0n) is 17.9. The van der Waals surface area contributed by atoms with E-state index in [1.54, 1.807) is 0 Å². The summed E-state index contributed by atoms with van der Waals surface area (Å²) in [6, 6.07) is -0.777. The Balaban J connectivity index is 2.01. The summed E-state index contributed by atoms with van der Waals surface area (Å²) in [7, 11) is 2.90. The molecule has 3 aliphatic carbocycles. The number of nitro benzene ring substituents is 1. The lowest BCUT2D eigenvalue weighted by atomic mass is 9.57. The predicted molar refractivity (Wildman–Crippen MR) is 111 cm³/mol. The molecule has 0 radical (unpaired) electrons. The average Bonchev–Trinajstić information content (AvgIpc) is 2.72. The number of ketones is 2. The van der Waals surface area contributed by atoms with Crippen LogP contribution in [0.1, 0.15) is 17.5 Å². The molecule has 0 heterocycles. The van der Waals surface area contributed by atoms with E-state index in [-0.39, 0.29) is 18.4 Å². The number of primary amides is 1. The highest BCUT2D eigenvalue weighted by Gasteiger charge is 2.64. The lowest BCUT2D eigenvalue weighted by Gasteiger charge is -2.50. The highest BCUT2D eigenvalue weighted by atomic mass is 19.1. The van der Waals surface area contributed by atoms with Gasteiger partial charge < -0.3 is 26.2 Å². The van der Waals surface area contributed by atoms with Gasteiger partial charge in [-0.15, -0.1) is 0 Å². The second kappa shape index (κ2) is 7.33. The number of phenols is 1. The molecule has 0 aliphatic heterocycles. The Morgan fingerprint density at radius 3 is 2.44 bits per heavy atom. The fourth-order valence-corrected chi connectivity index (χ4v) is 5.39. The molecule has 12 nitrogen and oxygen atoms in total. The van der Waals surface area contributed by atoms with Gasteiger partial charge in [0, 0.05) is 17.1 Å². The van der Waals surface area contributed by atoms with Crippen molar-refractivity contribution in [3.63, 3.8) is 0 Å². The molecule has 1 aromatic rings. The highest BCUT2D eigenvalue weighted by Crippen LogP contribution is 2.53. The molecular weight excluding hydrogens is 457 g/mol. The average molecular weight is 477 g/mol. The van der Waals surface area contributed by atoms with E-state index in [4.69, 9.17) is 5.73 Å². The summed E-state index contributed by atoms with van der Waals surface area (Å²) in [4.78, 5) is 49.8. The Bertz CT molecular complexity index is 1270. The quantitative estimate of drug-likeness (QED) is 0.224. The summed E-state index contributed by atoms with van der Waals surface area (Å²) in [5.74, 6) is -10.3. The molecule has 0 spiro atoms. The highest BCUT2D eigenvalue weighted by molar-refractivity contribution is 6.24. The number of halogens is 1. The molecule has 1 fully saturated rings. The van der Waals surface area contributed by atoms with Crippen LogP contribution in [0.4, 0.5) is 10.1 Å². The summed E-state index contributed by atoms with van der Waals surface area (Å²) in [5.41, 5.74) is -1.12. The first-order valence-electron chi connectivity index (χ1n) is 10.1.